The molecule has 1 aromatic rings. The second kappa shape index (κ2) is 6.83. The third kappa shape index (κ3) is 4.47. The molecular weight excluding hydrogens is 293 g/mol. The smallest absolute Gasteiger partial charge is 0.240 e. The number of likely N-dealkylation sites (N-methyl/N-ethyl adjacent to an activating group) is 1. The highest BCUT2D eigenvalue weighted by Crippen LogP contribution is 2.15. The molecule has 0 amide bonds. The normalized spacial score (nSPS) is 18.0. The van der Waals surface area contributed by atoms with Crippen LogP contribution in [0, 0.1) is 12.7 Å². The Morgan fingerprint density at radius 1 is 1.24 bits per heavy atom. The number of hydrogen-bond acceptors (Lipinski definition) is 4. The topological polar surface area (TPSA) is 52.7 Å². The van der Waals surface area contributed by atoms with Crippen LogP contribution >= 0.6 is 0 Å². The Kier molecular flexibility index (Phi) is 5.32. The van der Waals surface area contributed by atoms with E-state index in [1.54, 1.807) is 6.92 Å². The summed E-state index contributed by atoms with van der Waals surface area (Å²) in [6, 6.07) is 3.71. The standard InChI is InChI=1S/C14H22FN3O2S/c1-12-11-13(15)3-4-14(12)21(19,20)16-5-6-18-9-7-17(2)8-10-18/h3-4,11,16H,5-10H2,1-2H3. The Morgan fingerprint density at radius 3 is 2.52 bits per heavy atom. The first-order valence-corrected chi connectivity index (χ1v) is 8.53. The molecule has 0 radical (unpaired) electrons. The van der Waals surface area contributed by atoms with E-state index in [0.29, 0.717) is 18.7 Å². The van der Waals surface area contributed by atoms with Crippen molar-refractivity contribution in [3.63, 3.8) is 0 Å². The second-order valence-corrected chi connectivity index (χ2v) is 7.19. The molecule has 0 unspecified atom stereocenters. The molecule has 1 saturated heterocycles. The first-order valence-electron chi connectivity index (χ1n) is 7.05. The predicted molar refractivity (Wildman–Crippen MR) is 80.3 cm³/mol. The molecule has 1 N–H and O–H groups in total. The van der Waals surface area contributed by atoms with Gasteiger partial charge in [0, 0.05) is 39.3 Å². The van der Waals surface area contributed by atoms with Gasteiger partial charge in [-0.2, -0.15) is 0 Å². The summed E-state index contributed by atoms with van der Waals surface area (Å²) in [5.74, 6) is -0.427. The summed E-state index contributed by atoms with van der Waals surface area (Å²) < 4.78 is 40.0. The van der Waals surface area contributed by atoms with Crippen molar-refractivity contribution in [3.05, 3.63) is 29.6 Å². The van der Waals surface area contributed by atoms with E-state index in [4.69, 9.17) is 0 Å². The molecular formula is C14H22FN3O2S. The lowest BCUT2D eigenvalue weighted by Gasteiger charge is -2.32. The predicted octanol–water partition coefficient (Wildman–Crippen LogP) is 0.660. The zero-order chi connectivity index (χ0) is 15.5. The van der Waals surface area contributed by atoms with Gasteiger partial charge in [-0.15, -0.1) is 0 Å². The molecule has 0 aromatic heterocycles. The van der Waals surface area contributed by atoms with Gasteiger partial charge in [0.15, 0.2) is 0 Å². The van der Waals surface area contributed by atoms with Gasteiger partial charge < -0.3 is 4.90 Å². The van der Waals surface area contributed by atoms with Crippen LogP contribution in [-0.2, 0) is 10.0 Å². The molecule has 118 valence electrons. The van der Waals surface area contributed by atoms with Gasteiger partial charge in [-0.25, -0.2) is 17.5 Å². The van der Waals surface area contributed by atoms with Crippen LogP contribution in [0.5, 0.6) is 0 Å². The van der Waals surface area contributed by atoms with Crippen LogP contribution in [0.3, 0.4) is 0 Å². The molecule has 1 aliphatic heterocycles. The Hall–Kier alpha value is -1.02. The van der Waals surface area contributed by atoms with Gasteiger partial charge >= 0.3 is 0 Å². The number of benzene rings is 1. The van der Waals surface area contributed by atoms with Crippen LogP contribution in [0.4, 0.5) is 4.39 Å². The van der Waals surface area contributed by atoms with Crippen molar-refractivity contribution in [2.24, 2.45) is 0 Å². The molecule has 5 nitrogen and oxygen atoms in total. The van der Waals surface area contributed by atoms with E-state index in [1.165, 1.54) is 18.2 Å². The lowest BCUT2D eigenvalue weighted by molar-refractivity contribution is 0.156. The summed E-state index contributed by atoms with van der Waals surface area (Å²) in [5.41, 5.74) is 0.419. The summed E-state index contributed by atoms with van der Waals surface area (Å²) in [6.45, 7) is 6.56. The molecule has 1 aromatic carbocycles. The maximum Gasteiger partial charge on any atom is 0.240 e. The molecule has 0 saturated carbocycles. The van der Waals surface area contributed by atoms with E-state index >= 15 is 0 Å². The van der Waals surface area contributed by atoms with Crippen LogP contribution in [0.2, 0.25) is 0 Å². The third-order valence-corrected chi connectivity index (χ3v) is 5.36. The fourth-order valence-electron chi connectivity index (χ4n) is 2.40. The zero-order valence-electron chi connectivity index (χ0n) is 12.5. The minimum atomic E-state index is -3.57. The van der Waals surface area contributed by atoms with Crippen molar-refractivity contribution >= 4 is 10.0 Å². The number of rotatable bonds is 5. The first-order chi connectivity index (χ1) is 9.88. The van der Waals surface area contributed by atoms with Gasteiger partial charge in [-0.05, 0) is 37.7 Å². The van der Waals surface area contributed by atoms with E-state index in [0.717, 1.165) is 26.2 Å². The summed E-state index contributed by atoms with van der Waals surface area (Å²) in [6.07, 6.45) is 0. The van der Waals surface area contributed by atoms with Crippen molar-refractivity contribution in [3.8, 4) is 0 Å². The Labute approximate surface area is 125 Å². The average Bonchev–Trinajstić information content (AvgIpc) is 2.40. The number of nitrogens with one attached hydrogen (secondary N) is 1. The van der Waals surface area contributed by atoms with Crippen LogP contribution in [-0.4, -0.2) is 64.5 Å². The van der Waals surface area contributed by atoms with Crippen molar-refractivity contribution in [1.29, 1.82) is 0 Å². The fourth-order valence-corrected chi connectivity index (χ4v) is 3.65. The van der Waals surface area contributed by atoms with Gasteiger partial charge in [-0.1, -0.05) is 0 Å². The maximum atomic E-state index is 13.0. The Bertz CT molecular complexity index is 584. The summed E-state index contributed by atoms with van der Waals surface area (Å²) >= 11 is 0. The molecule has 7 heteroatoms. The molecule has 0 bridgehead atoms. The molecule has 0 atom stereocenters. The minimum absolute atomic E-state index is 0.141. The van der Waals surface area contributed by atoms with E-state index in [-0.39, 0.29) is 4.90 Å². The number of aryl methyl sites for hydroxylation is 1. The monoisotopic (exact) mass is 315 g/mol. The van der Waals surface area contributed by atoms with Gasteiger partial charge in [0.2, 0.25) is 10.0 Å². The number of halogens is 1. The van der Waals surface area contributed by atoms with E-state index < -0.39 is 15.8 Å². The van der Waals surface area contributed by atoms with E-state index in [1.807, 2.05) is 0 Å². The summed E-state index contributed by atoms with van der Waals surface area (Å²) in [7, 11) is -1.49. The molecule has 1 heterocycles. The van der Waals surface area contributed by atoms with Crippen LogP contribution in [0.1, 0.15) is 5.56 Å². The largest absolute Gasteiger partial charge is 0.304 e. The highest BCUT2D eigenvalue weighted by atomic mass is 32.2. The molecule has 21 heavy (non-hydrogen) atoms. The summed E-state index contributed by atoms with van der Waals surface area (Å²) in [5, 5.41) is 0. The van der Waals surface area contributed by atoms with Gasteiger partial charge in [0.05, 0.1) is 4.90 Å². The Morgan fingerprint density at radius 2 is 1.90 bits per heavy atom. The van der Waals surface area contributed by atoms with E-state index in [9.17, 15) is 12.8 Å². The lowest BCUT2D eigenvalue weighted by Crippen LogP contribution is -2.46. The first kappa shape index (κ1) is 16.4. The van der Waals surface area contributed by atoms with Gasteiger partial charge in [0.25, 0.3) is 0 Å². The number of sulfonamides is 1. The lowest BCUT2D eigenvalue weighted by atomic mass is 10.2. The Balaban J connectivity index is 1.89. The highest BCUT2D eigenvalue weighted by Gasteiger charge is 2.18. The van der Waals surface area contributed by atoms with Gasteiger partial charge in [-0.3, -0.25) is 4.90 Å². The molecule has 0 spiro atoms. The van der Waals surface area contributed by atoms with Crippen LogP contribution in [0.15, 0.2) is 23.1 Å². The SMILES string of the molecule is Cc1cc(F)ccc1S(=O)(=O)NCCN1CCN(C)CC1. The third-order valence-electron chi connectivity index (χ3n) is 3.74. The minimum Gasteiger partial charge on any atom is -0.304 e. The van der Waals surface area contributed by atoms with Crippen LogP contribution < -0.4 is 4.72 Å². The fraction of sp³-hybridized carbons (Fsp3) is 0.571. The van der Waals surface area contributed by atoms with Gasteiger partial charge in [0.1, 0.15) is 5.82 Å². The van der Waals surface area contributed by atoms with Crippen molar-refractivity contribution in [1.82, 2.24) is 14.5 Å². The van der Waals surface area contributed by atoms with Crippen molar-refractivity contribution < 1.29 is 12.8 Å². The highest BCUT2D eigenvalue weighted by molar-refractivity contribution is 7.89. The quantitative estimate of drug-likeness (QED) is 0.867. The zero-order valence-corrected chi connectivity index (χ0v) is 13.3. The second-order valence-electron chi connectivity index (χ2n) is 5.45. The molecule has 1 aliphatic rings. The number of piperazine rings is 1. The molecule has 2 rings (SSSR count). The number of hydrogen-bond donors (Lipinski definition) is 1. The molecule has 1 fully saturated rings. The van der Waals surface area contributed by atoms with Crippen molar-refractivity contribution in [2.75, 3.05) is 46.3 Å². The number of nitrogens with zero attached hydrogens (tertiary/aromatic N) is 2. The van der Waals surface area contributed by atoms with Crippen molar-refractivity contribution in [2.45, 2.75) is 11.8 Å². The summed E-state index contributed by atoms with van der Waals surface area (Å²) in [4.78, 5) is 4.63. The average molecular weight is 315 g/mol. The molecule has 0 aliphatic carbocycles. The van der Waals surface area contributed by atoms with E-state index in [2.05, 4.69) is 21.6 Å². The van der Waals surface area contributed by atoms with Crippen LogP contribution in [0.25, 0.3) is 0 Å². The maximum absolute atomic E-state index is 13.0.